The van der Waals surface area contributed by atoms with Crippen LogP contribution in [0.1, 0.15) is 26.7 Å². The van der Waals surface area contributed by atoms with Crippen molar-refractivity contribution in [2.45, 2.75) is 32.7 Å². The van der Waals surface area contributed by atoms with Crippen LogP contribution in [-0.2, 0) is 14.8 Å². The number of nitrogens with one attached hydrogen (secondary N) is 2. The lowest BCUT2D eigenvalue weighted by atomic mass is 10.3. The van der Waals surface area contributed by atoms with Gasteiger partial charge < -0.3 is 15.0 Å². The van der Waals surface area contributed by atoms with Gasteiger partial charge in [-0.3, -0.25) is 0 Å². The minimum Gasteiger partial charge on any atom is -0.383 e. The average molecular weight is 309 g/mol. The van der Waals surface area contributed by atoms with Gasteiger partial charge in [-0.1, -0.05) is 13.8 Å². The molecule has 0 saturated carbocycles. The fourth-order valence-electron chi connectivity index (χ4n) is 1.63. The molecule has 0 rings (SSSR count). The minimum atomic E-state index is -3.13. The van der Waals surface area contributed by atoms with Crippen LogP contribution in [0.15, 0.2) is 0 Å². The van der Waals surface area contributed by atoms with Crippen molar-refractivity contribution in [3.63, 3.8) is 0 Å². The summed E-state index contributed by atoms with van der Waals surface area (Å²) in [5.41, 5.74) is 0. The molecule has 0 saturated heterocycles. The smallest absolute Gasteiger partial charge is 0.211 e. The largest absolute Gasteiger partial charge is 0.383 e. The molecule has 2 N–H and O–H groups in total. The van der Waals surface area contributed by atoms with Gasteiger partial charge in [0, 0.05) is 32.8 Å². The SMILES string of the molecule is COCCN(C)CCNS(=O)(=O)CCCCNC(C)C. The number of rotatable bonds is 13. The van der Waals surface area contributed by atoms with E-state index in [-0.39, 0.29) is 5.75 Å². The number of nitrogens with zero attached hydrogens (tertiary/aromatic N) is 1. The molecule has 0 heterocycles. The second-order valence-electron chi connectivity index (χ2n) is 5.33. The molecule has 0 atom stereocenters. The normalized spacial score (nSPS) is 12.5. The first-order valence-electron chi connectivity index (χ1n) is 7.25. The van der Waals surface area contributed by atoms with E-state index in [1.165, 1.54) is 0 Å². The summed E-state index contributed by atoms with van der Waals surface area (Å²) in [5, 5.41) is 3.28. The summed E-state index contributed by atoms with van der Waals surface area (Å²) in [4.78, 5) is 2.04. The molecule has 0 spiro atoms. The highest BCUT2D eigenvalue weighted by Gasteiger charge is 2.09. The summed E-state index contributed by atoms with van der Waals surface area (Å²) in [6, 6.07) is 0.451. The third-order valence-electron chi connectivity index (χ3n) is 2.89. The minimum absolute atomic E-state index is 0.203. The van der Waals surface area contributed by atoms with Crippen LogP contribution in [0, 0.1) is 0 Å². The number of unbranched alkanes of at least 4 members (excludes halogenated alkanes) is 1. The molecule has 0 aliphatic heterocycles. The average Bonchev–Trinajstić information content (AvgIpc) is 2.35. The van der Waals surface area contributed by atoms with Gasteiger partial charge in [0.1, 0.15) is 0 Å². The van der Waals surface area contributed by atoms with Crippen LogP contribution in [0.3, 0.4) is 0 Å². The first-order valence-corrected chi connectivity index (χ1v) is 8.91. The monoisotopic (exact) mass is 309 g/mol. The predicted molar refractivity (Wildman–Crippen MR) is 83.5 cm³/mol. The predicted octanol–water partition coefficient (Wildman–Crippen LogP) is 0.262. The van der Waals surface area contributed by atoms with Crippen molar-refractivity contribution in [3.05, 3.63) is 0 Å². The van der Waals surface area contributed by atoms with Crippen LogP contribution < -0.4 is 10.0 Å². The van der Waals surface area contributed by atoms with Gasteiger partial charge >= 0.3 is 0 Å². The molecule has 0 aromatic heterocycles. The molecule has 0 aliphatic carbocycles. The zero-order chi connectivity index (χ0) is 15.4. The summed E-state index contributed by atoms with van der Waals surface area (Å²) in [7, 11) is 0.473. The first-order chi connectivity index (χ1) is 9.37. The maximum Gasteiger partial charge on any atom is 0.211 e. The highest BCUT2D eigenvalue weighted by molar-refractivity contribution is 7.89. The Balaban J connectivity index is 3.64. The molecule has 7 heteroatoms. The van der Waals surface area contributed by atoms with Gasteiger partial charge in [-0.15, -0.1) is 0 Å². The summed E-state index contributed by atoms with van der Waals surface area (Å²) < 4.78 is 31.1. The molecule has 0 fully saturated rings. The molecule has 0 aromatic carbocycles. The van der Waals surface area contributed by atoms with Crippen molar-refractivity contribution in [1.82, 2.24) is 14.9 Å². The molecule has 0 amide bonds. The lowest BCUT2D eigenvalue weighted by Gasteiger charge is -2.16. The second kappa shape index (κ2) is 11.4. The quantitative estimate of drug-likeness (QED) is 0.478. The van der Waals surface area contributed by atoms with Crippen molar-refractivity contribution in [3.8, 4) is 0 Å². The van der Waals surface area contributed by atoms with Crippen LogP contribution in [-0.4, -0.2) is 72.1 Å². The summed E-state index contributed by atoms with van der Waals surface area (Å²) in [6.07, 6.45) is 1.57. The molecule has 0 radical (unpaired) electrons. The maximum atomic E-state index is 11.7. The molecule has 0 aromatic rings. The van der Waals surface area contributed by atoms with Gasteiger partial charge in [-0.25, -0.2) is 13.1 Å². The Bertz CT molecular complexity index is 321. The molecule has 6 nitrogen and oxygen atoms in total. The fraction of sp³-hybridized carbons (Fsp3) is 1.00. The van der Waals surface area contributed by atoms with Crippen molar-refractivity contribution in [2.24, 2.45) is 0 Å². The molecular formula is C13H31N3O3S. The van der Waals surface area contributed by atoms with E-state index < -0.39 is 10.0 Å². The Morgan fingerprint density at radius 2 is 1.85 bits per heavy atom. The molecule has 0 bridgehead atoms. The van der Waals surface area contributed by atoms with Gasteiger partial charge in [0.2, 0.25) is 10.0 Å². The van der Waals surface area contributed by atoms with Crippen LogP contribution >= 0.6 is 0 Å². The standard InChI is InChI=1S/C13H31N3O3S/c1-13(2)14-7-5-6-12-20(17,18)15-8-9-16(3)10-11-19-4/h13-15H,5-12H2,1-4H3. The molecule has 0 unspecified atom stereocenters. The van der Waals surface area contributed by atoms with Crippen LogP contribution in [0.2, 0.25) is 0 Å². The van der Waals surface area contributed by atoms with E-state index in [1.54, 1.807) is 7.11 Å². The van der Waals surface area contributed by atoms with Gasteiger partial charge in [-0.2, -0.15) is 0 Å². The topological polar surface area (TPSA) is 70.7 Å². The van der Waals surface area contributed by atoms with E-state index in [0.29, 0.717) is 32.2 Å². The van der Waals surface area contributed by atoms with E-state index in [4.69, 9.17) is 4.74 Å². The van der Waals surface area contributed by atoms with Gasteiger partial charge in [-0.05, 0) is 26.4 Å². The Labute approximate surface area is 124 Å². The molecule has 20 heavy (non-hydrogen) atoms. The van der Waals surface area contributed by atoms with Crippen LogP contribution in [0.4, 0.5) is 0 Å². The maximum absolute atomic E-state index is 11.7. The lowest BCUT2D eigenvalue weighted by Crippen LogP contribution is -2.35. The van der Waals surface area contributed by atoms with E-state index >= 15 is 0 Å². The second-order valence-corrected chi connectivity index (χ2v) is 7.25. The van der Waals surface area contributed by atoms with Gasteiger partial charge in [0.15, 0.2) is 0 Å². The van der Waals surface area contributed by atoms with Crippen molar-refractivity contribution in [2.75, 3.05) is 52.7 Å². The highest BCUT2D eigenvalue weighted by atomic mass is 32.2. The summed E-state index contributed by atoms with van der Waals surface area (Å²) >= 11 is 0. The Morgan fingerprint density at radius 3 is 2.45 bits per heavy atom. The first kappa shape index (κ1) is 19.8. The van der Waals surface area contributed by atoms with Crippen LogP contribution in [0.25, 0.3) is 0 Å². The number of sulfonamides is 1. The summed E-state index contributed by atoms with van der Waals surface area (Å²) in [5.74, 6) is 0.203. The summed E-state index contributed by atoms with van der Waals surface area (Å²) in [6.45, 7) is 7.64. The number of hydrogen-bond acceptors (Lipinski definition) is 5. The van der Waals surface area contributed by atoms with Crippen LogP contribution in [0.5, 0.6) is 0 Å². The Kier molecular flexibility index (Phi) is 11.3. The van der Waals surface area contributed by atoms with Gasteiger partial charge in [0.05, 0.1) is 12.4 Å². The Hall–Kier alpha value is -0.210. The molecule has 122 valence electrons. The zero-order valence-corrected chi connectivity index (χ0v) is 14.1. The van der Waals surface area contributed by atoms with Crippen molar-refractivity contribution >= 4 is 10.0 Å². The van der Waals surface area contributed by atoms with E-state index in [1.807, 2.05) is 11.9 Å². The third-order valence-corrected chi connectivity index (χ3v) is 4.36. The van der Waals surface area contributed by atoms with E-state index in [2.05, 4.69) is 23.9 Å². The lowest BCUT2D eigenvalue weighted by molar-refractivity contribution is 0.162. The fourth-order valence-corrected chi connectivity index (χ4v) is 2.76. The number of ether oxygens (including phenoxy) is 1. The van der Waals surface area contributed by atoms with E-state index in [9.17, 15) is 8.42 Å². The molecular weight excluding hydrogens is 278 g/mol. The Morgan fingerprint density at radius 1 is 1.15 bits per heavy atom. The van der Waals surface area contributed by atoms with E-state index in [0.717, 1.165) is 19.5 Å². The number of hydrogen-bond donors (Lipinski definition) is 2. The molecule has 0 aliphatic rings. The van der Waals surface area contributed by atoms with Crippen molar-refractivity contribution < 1.29 is 13.2 Å². The third kappa shape index (κ3) is 12.8. The highest BCUT2D eigenvalue weighted by Crippen LogP contribution is 1.94. The van der Waals surface area contributed by atoms with Crippen molar-refractivity contribution in [1.29, 1.82) is 0 Å². The zero-order valence-electron chi connectivity index (χ0n) is 13.3. The van der Waals surface area contributed by atoms with Gasteiger partial charge in [0.25, 0.3) is 0 Å². The number of methoxy groups -OCH3 is 1. The number of likely N-dealkylation sites (N-methyl/N-ethyl adjacent to an activating group) is 1.